The van der Waals surface area contributed by atoms with Crippen LogP contribution >= 0.6 is 0 Å². The Morgan fingerprint density at radius 2 is 2.10 bits per heavy atom. The van der Waals surface area contributed by atoms with E-state index < -0.39 is 0 Å². The van der Waals surface area contributed by atoms with Crippen molar-refractivity contribution in [2.45, 2.75) is 25.9 Å². The molecule has 6 nitrogen and oxygen atoms in total. The molecule has 2 N–H and O–H groups in total. The fourth-order valence-electron chi connectivity index (χ4n) is 2.31. The van der Waals surface area contributed by atoms with Crippen LogP contribution in [0, 0.1) is 0 Å². The number of morpholine rings is 1. The van der Waals surface area contributed by atoms with Gasteiger partial charge in [0.2, 0.25) is 0 Å². The summed E-state index contributed by atoms with van der Waals surface area (Å²) in [5.41, 5.74) is 0.770. The second-order valence-corrected chi connectivity index (χ2v) is 5.77. The van der Waals surface area contributed by atoms with Gasteiger partial charge in [0.1, 0.15) is 0 Å². The Kier molecular flexibility index (Phi) is 5.52. The number of hydrogen-bond donors (Lipinski definition) is 2. The number of aromatic nitrogens is 1. The van der Waals surface area contributed by atoms with Crippen molar-refractivity contribution in [3.05, 3.63) is 30.1 Å². The maximum atomic E-state index is 11.9. The first kappa shape index (κ1) is 15.7. The molecule has 1 aromatic heterocycles. The number of rotatable bonds is 5. The number of nitrogens with zero attached hydrogens (tertiary/aromatic N) is 2. The maximum Gasteiger partial charge on any atom is 0.315 e. The van der Waals surface area contributed by atoms with Crippen LogP contribution in [0.2, 0.25) is 0 Å². The molecule has 0 saturated carbocycles. The van der Waals surface area contributed by atoms with Gasteiger partial charge in [-0.05, 0) is 26.0 Å². The van der Waals surface area contributed by atoms with Gasteiger partial charge >= 0.3 is 6.03 Å². The first-order valence-corrected chi connectivity index (χ1v) is 7.32. The summed E-state index contributed by atoms with van der Waals surface area (Å²) in [7, 11) is 0. The largest absolute Gasteiger partial charge is 0.379 e. The molecule has 0 aliphatic carbocycles. The molecule has 0 radical (unpaired) electrons. The van der Waals surface area contributed by atoms with Crippen molar-refractivity contribution in [2.24, 2.45) is 0 Å². The van der Waals surface area contributed by atoms with Crippen LogP contribution in [0.1, 0.15) is 19.5 Å². The number of hydrogen-bond acceptors (Lipinski definition) is 4. The van der Waals surface area contributed by atoms with Gasteiger partial charge in [0.15, 0.2) is 0 Å². The first-order valence-electron chi connectivity index (χ1n) is 7.32. The molecule has 116 valence electrons. The van der Waals surface area contributed by atoms with E-state index >= 15 is 0 Å². The average Bonchev–Trinajstić information content (AvgIpc) is 2.53. The van der Waals surface area contributed by atoms with Crippen molar-refractivity contribution in [1.82, 2.24) is 20.5 Å². The number of urea groups is 1. The topological polar surface area (TPSA) is 66.5 Å². The van der Waals surface area contributed by atoms with Crippen LogP contribution in [0.25, 0.3) is 0 Å². The highest BCUT2D eigenvalue weighted by atomic mass is 16.5. The number of ether oxygens (including phenoxy) is 1. The second-order valence-electron chi connectivity index (χ2n) is 5.77. The highest BCUT2D eigenvalue weighted by Crippen LogP contribution is 2.14. The van der Waals surface area contributed by atoms with Gasteiger partial charge in [0, 0.05) is 31.4 Å². The van der Waals surface area contributed by atoms with Gasteiger partial charge in [0.05, 0.1) is 25.5 Å². The van der Waals surface area contributed by atoms with E-state index in [2.05, 4.69) is 34.4 Å². The monoisotopic (exact) mass is 292 g/mol. The molecular formula is C15H24N4O2. The van der Waals surface area contributed by atoms with Crippen LogP contribution in [-0.4, -0.2) is 54.3 Å². The molecule has 1 aliphatic rings. The molecule has 1 aliphatic heterocycles. The zero-order valence-corrected chi connectivity index (χ0v) is 12.8. The van der Waals surface area contributed by atoms with Crippen molar-refractivity contribution >= 4 is 6.03 Å². The summed E-state index contributed by atoms with van der Waals surface area (Å²) in [6.45, 7) is 8.64. The van der Waals surface area contributed by atoms with Crippen molar-refractivity contribution in [3.8, 4) is 0 Å². The van der Waals surface area contributed by atoms with Crippen molar-refractivity contribution in [3.63, 3.8) is 0 Å². The first-order chi connectivity index (χ1) is 10.1. The van der Waals surface area contributed by atoms with E-state index in [1.807, 2.05) is 18.2 Å². The molecule has 2 amide bonds. The molecule has 2 heterocycles. The molecule has 21 heavy (non-hydrogen) atoms. The van der Waals surface area contributed by atoms with E-state index in [0.717, 1.165) is 32.0 Å². The van der Waals surface area contributed by atoms with Gasteiger partial charge in [0.25, 0.3) is 0 Å². The van der Waals surface area contributed by atoms with Crippen LogP contribution in [0.3, 0.4) is 0 Å². The van der Waals surface area contributed by atoms with Crippen LogP contribution in [-0.2, 0) is 11.3 Å². The van der Waals surface area contributed by atoms with E-state index in [4.69, 9.17) is 4.74 Å². The third-order valence-corrected chi connectivity index (χ3v) is 3.70. The Hall–Kier alpha value is -1.66. The van der Waals surface area contributed by atoms with Crippen LogP contribution in [0.4, 0.5) is 4.79 Å². The maximum absolute atomic E-state index is 11.9. The quantitative estimate of drug-likeness (QED) is 0.849. The van der Waals surface area contributed by atoms with E-state index in [-0.39, 0.29) is 11.6 Å². The minimum Gasteiger partial charge on any atom is -0.379 e. The molecule has 1 aromatic rings. The lowest BCUT2D eigenvalue weighted by Crippen LogP contribution is -2.56. The Bertz CT molecular complexity index is 444. The SMILES string of the molecule is CC(C)(CNC(=O)NCc1ccccn1)N1CCOCC1. The summed E-state index contributed by atoms with van der Waals surface area (Å²) in [6.07, 6.45) is 1.72. The smallest absolute Gasteiger partial charge is 0.315 e. The van der Waals surface area contributed by atoms with Gasteiger partial charge in [-0.2, -0.15) is 0 Å². The molecule has 1 fully saturated rings. The average molecular weight is 292 g/mol. The molecule has 0 bridgehead atoms. The van der Waals surface area contributed by atoms with Gasteiger partial charge in [-0.3, -0.25) is 9.88 Å². The number of amides is 2. The third kappa shape index (κ3) is 4.99. The highest BCUT2D eigenvalue weighted by Gasteiger charge is 2.28. The van der Waals surface area contributed by atoms with Gasteiger partial charge in [-0.25, -0.2) is 4.79 Å². The van der Waals surface area contributed by atoms with E-state index in [1.165, 1.54) is 0 Å². The summed E-state index contributed by atoms with van der Waals surface area (Å²) in [6, 6.07) is 5.48. The summed E-state index contributed by atoms with van der Waals surface area (Å²) in [5, 5.41) is 5.75. The Balaban J connectivity index is 1.72. The van der Waals surface area contributed by atoms with E-state index in [0.29, 0.717) is 13.1 Å². The number of nitrogens with one attached hydrogen (secondary N) is 2. The summed E-state index contributed by atoms with van der Waals surface area (Å²) < 4.78 is 5.36. The molecule has 6 heteroatoms. The standard InChI is InChI=1S/C15H24N4O2/c1-15(2,19-7-9-21-10-8-19)12-18-14(20)17-11-13-5-3-4-6-16-13/h3-6H,7-12H2,1-2H3,(H2,17,18,20). The zero-order valence-electron chi connectivity index (χ0n) is 12.8. The Morgan fingerprint density at radius 1 is 1.33 bits per heavy atom. The molecule has 0 spiro atoms. The summed E-state index contributed by atoms with van der Waals surface area (Å²) in [4.78, 5) is 18.4. The summed E-state index contributed by atoms with van der Waals surface area (Å²) >= 11 is 0. The lowest BCUT2D eigenvalue weighted by atomic mass is 10.0. The second kappa shape index (κ2) is 7.38. The molecule has 0 aromatic carbocycles. The van der Waals surface area contributed by atoms with Crippen LogP contribution < -0.4 is 10.6 Å². The van der Waals surface area contributed by atoms with E-state index in [9.17, 15) is 4.79 Å². The normalized spacial score (nSPS) is 16.5. The van der Waals surface area contributed by atoms with Gasteiger partial charge in [-0.15, -0.1) is 0 Å². The van der Waals surface area contributed by atoms with Crippen LogP contribution in [0.15, 0.2) is 24.4 Å². The van der Waals surface area contributed by atoms with Crippen molar-refractivity contribution in [1.29, 1.82) is 0 Å². The Morgan fingerprint density at radius 3 is 2.76 bits per heavy atom. The molecule has 0 atom stereocenters. The molecular weight excluding hydrogens is 268 g/mol. The predicted molar refractivity (Wildman–Crippen MR) is 80.9 cm³/mol. The van der Waals surface area contributed by atoms with Crippen molar-refractivity contribution in [2.75, 3.05) is 32.8 Å². The van der Waals surface area contributed by atoms with E-state index in [1.54, 1.807) is 6.20 Å². The fourth-order valence-corrected chi connectivity index (χ4v) is 2.31. The highest BCUT2D eigenvalue weighted by molar-refractivity contribution is 5.73. The number of carbonyl (C=O) groups is 1. The lowest BCUT2D eigenvalue weighted by Gasteiger charge is -2.40. The van der Waals surface area contributed by atoms with Crippen molar-refractivity contribution < 1.29 is 9.53 Å². The lowest BCUT2D eigenvalue weighted by molar-refractivity contribution is -0.00874. The molecule has 1 saturated heterocycles. The minimum absolute atomic E-state index is 0.0773. The zero-order chi connectivity index (χ0) is 15.1. The number of pyridine rings is 1. The van der Waals surface area contributed by atoms with Crippen LogP contribution in [0.5, 0.6) is 0 Å². The van der Waals surface area contributed by atoms with Gasteiger partial charge in [-0.1, -0.05) is 6.07 Å². The predicted octanol–water partition coefficient (Wildman–Crippen LogP) is 0.992. The molecule has 2 rings (SSSR count). The molecule has 0 unspecified atom stereocenters. The number of carbonyl (C=O) groups excluding carboxylic acids is 1. The third-order valence-electron chi connectivity index (χ3n) is 3.70. The van der Waals surface area contributed by atoms with Gasteiger partial charge < -0.3 is 15.4 Å². The fraction of sp³-hybridized carbons (Fsp3) is 0.600. The minimum atomic E-state index is -0.165. The Labute approximate surface area is 125 Å². The summed E-state index contributed by atoms with van der Waals surface area (Å²) in [5.74, 6) is 0.